The Morgan fingerprint density at radius 2 is 1.25 bits per heavy atom. The van der Waals surface area contributed by atoms with E-state index in [0.29, 0.717) is 6.42 Å². The molecule has 1 rings (SSSR count). The molecule has 4 amide bonds. The normalized spacial score (nSPS) is 14.6. The van der Waals surface area contributed by atoms with Crippen molar-refractivity contribution < 1.29 is 32.7 Å². The Balaban J connectivity index is 3.26. The van der Waals surface area contributed by atoms with E-state index in [-0.39, 0.29) is 53.1 Å². The van der Waals surface area contributed by atoms with Gasteiger partial charge < -0.3 is 26.4 Å². The molecule has 0 unspecified atom stereocenters. The van der Waals surface area contributed by atoms with E-state index >= 15 is 0 Å². The lowest BCUT2D eigenvalue weighted by Crippen LogP contribution is -2.53. The summed E-state index contributed by atoms with van der Waals surface area (Å²) in [6, 6.07) is 2.35. The first kappa shape index (κ1) is 38.8. The third-order valence-electron chi connectivity index (χ3n) is 6.95. The minimum absolute atomic E-state index is 0.0129. The molecular formula is C31H53N5O7S. The minimum atomic E-state index is -3.70. The molecule has 5 N–H and O–H groups in total. The highest BCUT2D eigenvalue weighted by atomic mass is 32.2. The predicted molar refractivity (Wildman–Crippen MR) is 173 cm³/mol. The first-order chi connectivity index (χ1) is 20.1. The van der Waals surface area contributed by atoms with Gasteiger partial charge in [-0.1, -0.05) is 34.6 Å². The molecule has 44 heavy (non-hydrogen) atoms. The number of hydrogen-bond donors (Lipinski definition) is 5. The monoisotopic (exact) mass is 639 g/mol. The molecule has 0 fully saturated rings. The fourth-order valence-corrected chi connectivity index (χ4v) is 4.99. The molecule has 12 nitrogen and oxygen atoms in total. The molecular weight excluding hydrogens is 586 g/mol. The Kier molecular flexibility index (Phi) is 14.8. The Hall–Kier alpha value is -3.19. The van der Waals surface area contributed by atoms with Crippen molar-refractivity contribution in [2.75, 3.05) is 17.6 Å². The van der Waals surface area contributed by atoms with Crippen molar-refractivity contribution in [2.24, 2.45) is 17.8 Å². The van der Waals surface area contributed by atoms with Crippen LogP contribution in [0.5, 0.6) is 0 Å². The fourth-order valence-electron chi connectivity index (χ4n) is 4.50. The number of carbonyl (C=O) groups is 4. The maximum Gasteiger partial charge on any atom is 0.251 e. The van der Waals surface area contributed by atoms with Crippen LogP contribution in [0.15, 0.2) is 18.2 Å². The quantitative estimate of drug-likeness (QED) is 0.185. The van der Waals surface area contributed by atoms with Crippen LogP contribution in [0.4, 0.5) is 5.69 Å². The third kappa shape index (κ3) is 12.4. The van der Waals surface area contributed by atoms with Gasteiger partial charge in [0.1, 0.15) is 6.04 Å². The number of amides is 4. The Bertz CT molecular complexity index is 1260. The Labute approximate surface area is 263 Å². The summed E-state index contributed by atoms with van der Waals surface area (Å²) in [5, 5.41) is 22.4. The number of aliphatic hydroxyl groups is 1. The Morgan fingerprint density at radius 3 is 1.68 bits per heavy atom. The van der Waals surface area contributed by atoms with Gasteiger partial charge >= 0.3 is 0 Å². The molecule has 13 heteroatoms. The zero-order valence-corrected chi connectivity index (χ0v) is 28.8. The molecule has 0 aromatic heterocycles. The van der Waals surface area contributed by atoms with Crippen molar-refractivity contribution >= 4 is 39.3 Å². The second kappa shape index (κ2) is 16.8. The van der Waals surface area contributed by atoms with Gasteiger partial charge in [0, 0.05) is 36.2 Å². The van der Waals surface area contributed by atoms with Crippen LogP contribution in [-0.4, -0.2) is 80.7 Å². The number of sulfonamides is 1. The van der Waals surface area contributed by atoms with E-state index in [1.165, 1.54) is 25.2 Å². The average molecular weight is 640 g/mol. The van der Waals surface area contributed by atoms with Gasteiger partial charge in [0.05, 0.1) is 24.1 Å². The van der Waals surface area contributed by atoms with Crippen LogP contribution < -0.4 is 25.6 Å². The first-order valence-electron chi connectivity index (χ1n) is 15.1. The van der Waals surface area contributed by atoms with E-state index in [9.17, 15) is 32.7 Å². The largest absolute Gasteiger partial charge is 0.391 e. The average Bonchev–Trinajstić information content (AvgIpc) is 2.88. The van der Waals surface area contributed by atoms with Crippen LogP contribution in [0.2, 0.25) is 0 Å². The second-order valence-electron chi connectivity index (χ2n) is 12.9. The van der Waals surface area contributed by atoms with E-state index in [2.05, 4.69) is 21.3 Å². The predicted octanol–water partition coefficient (Wildman–Crippen LogP) is 2.42. The zero-order chi connectivity index (χ0) is 34.1. The summed E-state index contributed by atoms with van der Waals surface area (Å²) in [6.07, 6.45) is 0.296. The molecule has 0 bridgehead atoms. The number of nitrogens with zero attached hydrogens (tertiary/aromatic N) is 1. The van der Waals surface area contributed by atoms with Gasteiger partial charge in [0.25, 0.3) is 11.8 Å². The molecule has 0 saturated heterocycles. The van der Waals surface area contributed by atoms with Gasteiger partial charge in [0.2, 0.25) is 21.8 Å². The van der Waals surface area contributed by atoms with Crippen LogP contribution in [0.25, 0.3) is 0 Å². The highest BCUT2D eigenvalue weighted by Crippen LogP contribution is 2.22. The van der Waals surface area contributed by atoms with Gasteiger partial charge in [-0.2, -0.15) is 0 Å². The van der Waals surface area contributed by atoms with Crippen molar-refractivity contribution in [3.05, 3.63) is 29.3 Å². The third-order valence-corrected chi connectivity index (χ3v) is 8.16. The highest BCUT2D eigenvalue weighted by molar-refractivity contribution is 7.92. The fraction of sp³-hybridized carbons (Fsp3) is 0.677. The van der Waals surface area contributed by atoms with Gasteiger partial charge in [-0.05, 0) is 70.6 Å². The molecule has 1 aromatic carbocycles. The van der Waals surface area contributed by atoms with Crippen molar-refractivity contribution in [2.45, 2.75) is 105 Å². The topological polar surface area (TPSA) is 174 Å². The number of aliphatic hydroxyl groups excluding tert-OH is 1. The lowest BCUT2D eigenvalue weighted by atomic mass is 9.91. The summed E-state index contributed by atoms with van der Waals surface area (Å²) >= 11 is 0. The second-order valence-corrected chi connectivity index (χ2v) is 14.9. The van der Waals surface area contributed by atoms with Crippen LogP contribution in [0.3, 0.4) is 0 Å². The van der Waals surface area contributed by atoms with Gasteiger partial charge in [-0.3, -0.25) is 23.5 Å². The van der Waals surface area contributed by atoms with E-state index < -0.39 is 51.9 Å². The standard InChI is InChI=1S/C31H53N5O7S/c1-17(2)12-25(26(37)13-21(9)28(38)35-27(18(3)4)31(41)33-20(7)8)34-30(40)23-14-22(29(39)32-19(5)6)15-24(16-23)36(10)44(11,42)43/h14-21,25-27,37H,12-13H2,1-11H3,(H,32,39)(H,33,41)(H,34,40)(H,35,38)/t21-,25+,26+,27+/m1/s1. The zero-order valence-electron chi connectivity index (χ0n) is 28.0. The number of hydrogen-bond acceptors (Lipinski definition) is 7. The van der Waals surface area contributed by atoms with Crippen molar-refractivity contribution in [1.82, 2.24) is 21.3 Å². The van der Waals surface area contributed by atoms with Crippen LogP contribution in [0.1, 0.15) is 95.9 Å². The van der Waals surface area contributed by atoms with Gasteiger partial charge in [-0.25, -0.2) is 8.42 Å². The van der Waals surface area contributed by atoms with Crippen molar-refractivity contribution in [3.63, 3.8) is 0 Å². The van der Waals surface area contributed by atoms with E-state index in [1.807, 2.05) is 41.5 Å². The van der Waals surface area contributed by atoms with Gasteiger partial charge in [0.15, 0.2) is 0 Å². The minimum Gasteiger partial charge on any atom is -0.391 e. The summed E-state index contributed by atoms with van der Waals surface area (Å²) in [7, 11) is -2.37. The number of carbonyl (C=O) groups excluding carboxylic acids is 4. The number of nitrogens with one attached hydrogen (secondary N) is 4. The van der Waals surface area contributed by atoms with E-state index in [0.717, 1.165) is 10.6 Å². The maximum absolute atomic E-state index is 13.5. The molecule has 0 heterocycles. The lowest BCUT2D eigenvalue weighted by Gasteiger charge is -2.29. The summed E-state index contributed by atoms with van der Waals surface area (Å²) in [5.41, 5.74) is 0.264. The van der Waals surface area contributed by atoms with Gasteiger partial charge in [-0.15, -0.1) is 0 Å². The van der Waals surface area contributed by atoms with E-state index in [1.54, 1.807) is 20.8 Å². The molecule has 0 saturated carbocycles. The van der Waals surface area contributed by atoms with Crippen molar-refractivity contribution in [3.8, 4) is 0 Å². The summed E-state index contributed by atoms with van der Waals surface area (Å²) in [4.78, 5) is 52.0. The molecule has 4 atom stereocenters. The molecule has 0 aliphatic carbocycles. The molecule has 1 aromatic rings. The molecule has 250 valence electrons. The maximum atomic E-state index is 13.5. The number of anilines is 1. The molecule has 0 spiro atoms. The number of benzene rings is 1. The highest BCUT2D eigenvalue weighted by Gasteiger charge is 2.31. The first-order valence-corrected chi connectivity index (χ1v) is 17.0. The summed E-state index contributed by atoms with van der Waals surface area (Å²) in [5.74, 6) is -2.54. The Morgan fingerprint density at radius 1 is 0.750 bits per heavy atom. The smallest absolute Gasteiger partial charge is 0.251 e. The van der Waals surface area contributed by atoms with Crippen LogP contribution in [-0.2, 0) is 19.6 Å². The van der Waals surface area contributed by atoms with Crippen LogP contribution >= 0.6 is 0 Å². The number of rotatable bonds is 16. The summed E-state index contributed by atoms with van der Waals surface area (Å²) in [6.45, 7) is 16.4. The lowest BCUT2D eigenvalue weighted by molar-refractivity contribution is -0.132. The molecule has 0 radical (unpaired) electrons. The SMILES string of the molecule is CC(C)C[C@H](NC(=O)c1cc(C(=O)NC(C)C)cc(N(C)S(C)(=O)=O)c1)[C@@H](O)C[C@@H](C)C(=O)N[C@H](C(=O)NC(C)C)C(C)C. The van der Waals surface area contributed by atoms with Crippen LogP contribution in [0, 0.1) is 17.8 Å². The molecule has 0 aliphatic heterocycles. The van der Waals surface area contributed by atoms with Crippen molar-refractivity contribution in [1.29, 1.82) is 0 Å². The summed E-state index contributed by atoms with van der Waals surface area (Å²) < 4.78 is 25.5. The molecule has 0 aliphatic rings. The van der Waals surface area contributed by atoms with E-state index in [4.69, 9.17) is 0 Å².